The fourth-order valence-electron chi connectivity index (χ4n) is 3.36. The van der Waals surface area contributed by atoms with Gasteiger partial charge in [-0.3, -0.25) is 9.69 Å². The molecule has 1 N–H and O–H groups in total. The van der Waals surface area contributed by atoms with Crippen LogP contribution in [0.5, 0.6) is 0 Å². The summed E-state index contributed by atoms with van der Waals surface area (Å²) >= 11 is 0. The molecule has 0 unspecified atom stereocenters. The van der Waals surface area contributed by atoms with Gasteiger partial charge in [-0.25, -0.2) is 9.18 Å². The van der Waals surface area contributed by atoms with Crippen LogP contribution in [0.4, 0.5) is 14.9 Å². The molecule has 1 aliphatic rings. The van der Waals surface area contributed by atoms with Crippen LogP contribution < -0.4 is 10.2 Å². The lowest BCUT2D eigenvalue weighted by atomic mass is 10.1. The normalized spacial score (nSPS) is 14.2. The predicted octanol–water partition coefficient (Wildman–Crippen LogP) is 3.42. The van der Waals surface area contributed by atoms with Gasteiger partial charge in [0.2, 0.25) is 0 Å². The van der Waals surface area contributed by atoms with E-state index in [1.54, 1.807) is 41.2 Å². The summed E-state index contributed by atoms with van der Waals surface area (Å²) in [4.78, 5) is 28.7. The number of amides is 3. The van der Waals surface area contributed by atoms with Crippen LogP contribution in [-0.2, 0) is 11.3 Å². The van der Waals surface area contributed by atoms with E-state index in [-0.39, 0.29) is 17.8 Å². The van der Waals surface area contributed by atoms with Crippen molar-refractivity contribution in [1.82, 2.24) is 10.2 Å². The molecule has 0 radical (unpaired) electrons. The molecule has 1 saturated heterocycles. The number of carbonyl (C=O) groups excluding carboxylic acids is 2. The molecule has 3 amide bonds. The van der Waals surface area contributed by atoms with Gasteiger partial charge in [0.05, 0.1) is 0 Å². The summed E-state index contributed by atoms with van der Waals surface area (Å²) in [5.41, 5.74) is 1.95. The Morgan fingerprint density at radius 2 is 2.00 bits per heavy atom. The van der Waals surface area contributed by atoms with Crippen LogP contribution in [0, 0.1) is 5.82 Å². The summed E-state index contributed by atoms with van der Waals surface area (Å²) in [6.07, 6.45) is 1.54. The highest BCUT2D eigenvalue weighted by Crippen LogP contribution is 2.23. The van der Waals surface area contributed by atoms with Gasteiger partial charge < -0.3 is 15.0 Å². The van der Waals surface area contributed by atoms with Gasteiger partial charge in [-0.05, 0) is 48.7 Å². The molecule has 1 heterocycles. The Morgan fingerprint density at radius 1 is 1.17 bits per heavy atom. The van der Waals surface area contributed by atoms with Gasteiger partial charge in [-0.15, -0.1) is 0 Å². The maximum atomic E-state index is 13.5. The molecule has 1 aliphatic heterocycles. The van der Waals surface area contributed by atoms with Crippen LogP contribution in [0.2, 0.25) is 0 Å². The zero-order valence-electron chi connectivity index (χ0n) is 16.6. The van der Waals surface area contributed by atoms with E-state index in [9.17, 15) is 14.0 Å². The Morgan fingerprint density at radius 3 is 2.79 bits per heavy atom. The summed E-state index contributed by atoms with van der Waals surface area (Å²) < 4.78 is 18.4. The van der Waals surface area contributed by atoms with Gasteiger partial charge >= 0.3 is 6.03 Å². The minimum atomic E-state index is -0.312. The van der Waals surface area contributed by atoms with Crippen molar-refractivity contribution in [3.05, 3.63) is 65.5 Å². The highest BCUT2D eigenvalue weighted by atomic mass is 19.1. The third-order valence-electron chi connectivity index (χ3n) is 4.80. The average Bonchev–Trinajstić information content (AvgIpc) is 2.73. The minimum Gasteiger partial charge on any atom is -0.385 e. The molecule has 1 fully saturated rings. The number of nitrogens with zero attached hydrogens (tertiary/aromatic N) is 2. The second-order valence-corrected chi connectivity index (χ2v) is 6.99. The molecule has 0 aliphatic carbocycles. The van der Waals surface area contributed by atoms with E-state index in [1.807, 2.05) is 12.1 Å². The quantitative estimate of drug-likeness (QED) is 0.692. The maximum absolute atomic E-state index is 13.5. The van der Waals surface area contributed by atoms with E-state index in [0.29, 0.717) is 44.0 Å². The molecule has 2 aromatic rings. The number of methoxy groups -OCH3 is 1. The molecule has 2 aromatic carbocycles. The number of benzene rings is 2. The number of rotatable bonds is 8. The molecule has 6 nitrogen and oxygen atoms in total. The summed E-state index contributed by atoms with van der Waals surface area (Å²) in [5.74, 6) is -0.489. The van der Waals surface area contributed by atoms with Crippen LogP contribution in [0.3, 0.4) is 0 Å². The summed E-state index contributed by atoms with van der Waals surface area (Å²) in [6, 6.07) is 13.2. The molecule has 29 heavy (non-hydrogen) atoms. The van der Waals surface area contributed by atoms with E-state index in [2.05, 4.69) is 5.32 Å². The fraction of sp³-hybridized carbons (Fsp3) is 0.364. The monoisotopic (exact) mass is 399 g/mol. The molecule has 3 rings (SSSR count). The third-order valence-corrected chi connectivity index (χ3v) is 4.80. The van der Waals surface area contributed by atoms with Crippen molar-refractivity contribution in [3.63, 3.8) is 0 Å². The summed E-state index contributed by atoms with van der Waals surface area (Å²) in [7, 11) is 1.62. The van der Waals surface area contributed by atoms with Crippen molar-refractivity contribution in [3.8, 4) is 0 Å². The first kappa shape index (κ1) is 20.8. The van der Waals surface area contributed by atoms with Crippen molar-refractivity contribution < 1.29 is 18.7 Å². The number of carbonyl (C=O) groups is 2. The number of hydrogen-bond acceptors (Lipinski definition) is 3. The molecule has 0 aromatic heterocycles. The number of anilines is 1. The van der Waals surface area contributed by atoms with E-state index in [0.717, 1.165) is 18.4 Å². The first-order valence-electron chi connectivity index (χ1n) is 9.76. The number of nitrogens with one attached hydrogen (secondary N) is 1. The molecule has 0 bridgehead atoms. The lowest BCUT2D eigenvalue weighted by Gasteiger charge is -2.35. The molecular formula is C22H26FN3O3. The fourth-order valence-corrected chi connectivity index (χ4v) is 3.36. The van der Waals surface area contributed by atoms with Crippen molar-refractivity contribution in [2.75, 3.05) is 38.3 Å². The Kier molecular flexibility index (Phi) is 7.19. The summed E-state index contributed by atoms with van der Waals surface area (Å²) in [5, 5.41) is 2.85. The first-order valence-corrected chi connectivity index (χ1v) is 9.76. The molecule has 0 saturated carbocycles. The van der Waals surface area contributed by atoms with Crippen LogP contribution >= 0.6 is 0 Å². The zero-order chi connectivity index (χ0) is 20.6. The lowest BCUT2D eigenvalue weighted by molar-refractivity contribution is 0.0948. The lowest BCUT2D eigenvalue weighted by Crippen LogP contribution is -2.49. The number of hydrogen-bond donors (Lipinski definition) is 1. The van der Waals surface area contributed by atoms with Crippen LogP contribution in [0.1, 0.15) is 28.8 Å². The van der Waals surface area contributed by atoms with Gasteiger partial charge in [-0.2, -0.15) is 0 Å². The third kappa shape index (κ3) is 5.54. The minimum absolute atomic E-state index is 0.141. The van der Waals surface area contributed by atoms with Gasteiger partial charge in [0.25, 0.3) is 5.91 Å². The molecule has 7 heteroatoms. The van der Waals surface area contributed by atoms with Crippen molar-refractivity contribution >= 4 is 17.6 Å². The Bertz CT molecular complexity index is 859. The second-order valence-electron chi connectivity index (χ2n) is 6.99. The average molecular weight is 399 g/mol. The molecular weight excluding hydrogens is 373 g/mol. The van der Waals surface area contributed by atoms with Gasteiger partial charge in [0.15, 0.2) is 0 Å². The number of urea groups is 1. The van der Waals surface area contributed by atoms with E-state index in [4.69, 9.17) is 4.74 Å². The van der Waals surface area contributed by atoms with Crippen LogP contribution in [-0.4, -0.2) is 50.2 Å². The van der Waals surface area contributed by atoms with Crippen LogP contribution in [0.25, 0.3) is 0 Å². The maximum Gasteiger partial charge on any atom is 0.324 e. The Hall–Kier alpha value is -2.93. The van der Waals surface area contributed by atoms with Gasteiger partial charge in [-0.1, -0.05) is 18.2 Å². The standard InChI is InChI=1S/C22H26FN3O3/c1-29-13-4-10-24-21(27)18-7-3-9-20(15-18)26-12-5-11-25(22(26)28)16-17-6-2-8-19(23)14-17/h2-3,6-9,14-15H,4-5,10-13,16H2,1H3,(H,24,27). The van der Waals surface area contributed by atoms with Crippen molar-refractivity contribution in [2.45, 2.75) is 19.4 Å². The summed E-state index contributed by atoms with van der Waals surface area (Å²) in [6.45, 7) is 2.67. The number of ether oxygens (including phenoxy) is 1. The molecule has 154 valence electrons. The highest BCUT2D eigenvalue weighted by molar-refractivity contribution is 5.98. The number of halogens is 1. The van der Waals surface area contributed by atoms with E-state index >= 15 is 0 Å². The SMILES string of the molecule is COCCCNC(=O)c1cccc(N2CCCN(Cc3cccc(F)c3)C2=O)c1. The smallest absolute Gasteiger partial charge is 0.324 e. The molecule has 0 atom stereocenters. The van der Waals surface area contributed by atoms with Crippen LogP contribution in [0.15, 0.2) is 48.5 Å². The predicted molar refractivity (Wildman–Crippen MR) is 109 cm³/mol. The first-order chi connectivity index (χ1) is 14.1. The van der Waals surface area contributed by atoms with Crippen molar-refractivity contribution in [1.29, 1.82) is 0 Å². The zero-order valence-corrected chi connectivity index (χ0v) is 16.6. The Balaban J connectivity index is 1.67. The van der Waals surface area contributed by atoms with Gasteiger partial charge in [0, 0.05) is 51.1 Å². The van der Waals surface area contributed by atoms with Crippen molar-refractivity contribution in [2.24, 2.45) is 0 Å². The topological polar surface area (TPSA) is 61.9 Å². The van der Waals surface area contributed by atoms with Gasteiger partial charge in [0.1, 0.15) is 5.82 Å². The highest BCUT2D eigenvalue weighted by Gasteiger charge is 2.27. The van der Waals surface area contributed by atoms with E-state index < -0.39 is 0 Å². The largest absolute Gasteiger partial charge is 0.385 e. The molecule has 0 spiro atoms. The Labute approximate surface area is 170 Å². The second kappa shape index (κ2) is 10.0. The van der Waals surface area contributed by atoms with E-state index in [1.165, 1.54) is 12.1 Å².